The Labute approximate surface area is 127 Å². The number of halogens is 1. The highest BCUT2D eigenvalue weighted by molar-refractivity contribution is 9.10. The molecule has 0 aromatic carbocycles. The molecule has 0 fully saturated rings. The van der Waals surface area contributed by atoms with Crippen molar-refractivity contribution < 1.29 is 0 Å². The van der Waals surface area contributed by atoms with Gasteiger partial charge in [0.2, 0.25) is 0 Å². The lowest BCUT2D eigenvalue weighted by atomic mass is 10.0. The zero-order valence-electron chi connectivity index (χ0n) is 12.2. The fourth-order valence-electron chi connectivity index (χ4n) is 2.44. The van der Waals surface area contributed by atoms with Gasteiger partial charge in [-0.2, -0.15) is 5.10 Å². The highest BCUT2D eigenvalue weighted by Gasteiger charge is 2.18. The Morgan fingerprint density at radius 1 is 1.30 bits per heavy atom. The van der Waals surface area contributed by atoms with Crippen molar-refractivity contribution in [1.82, 2.24) is 20.2 Å². The summed E-state index contributed by atoms with van der Waals surface area (Å²) in [5.41, 5.74) is 8.15. The average Bonchev–Trinajstić information content (AvgIpc) is 2.60. The molecule has 0 spiro atoms. The van der Waals surface area contributed by atoms with Gasteiger partial charge in [-0.15, -0.1) is 0 Å². The Kier molecular flexibility index (Phi) is 4.57. The van der Waals surface area contributed by atoms with Gasteiger partial charge >= 0.3 is 0 Å². The molecule has 108 valence electrons. The molecule has 1 unspecified atom stereocenters. The van der Waals surface area contributed by atoms with E-state index in [9.17, 15) is 0 Å². The summed E-state index contributed by atoms with van der Waals surface area (Å²) in [6.07, 6.45) is 0.761. The second-order valence-electron chi connectivity index (χ2n) is 5.08. The predicted octanol–water partition coefficient (Wildman–Crippen LogP) is 2.25. The van der Waals surface area contributed by atoms with E-state index in [1.807, 2.05) is 32.5 Å². The third-order valence-corrected chi connectivity index (χ3v) is 4.40. The maximum absolute atomic E-state index is 5.74. The summed E-state index contributed by atoms with van der Waals surface area (Å²) in [6, 6.07) is 4.16. The first-order valence-electron chi connectivity index (χ1n) is 6.51. The third kappa shape index (κ3) is 3.08. The molecule has 0 amide bonds. The second-order valence-corrected chi connectivity index (χ2v) is 5.87. The minimum atomic E-state index is 0.0292. The largest absolute Gasteiger partial charge is 0.271 e. The van der Waals surface area contributed by atoms with Crippen molar-refractivity contribution >= 4 is 15.9 Å². The van der Waals surface area contributed by atoms with Crippen molar-refractivity contribution in [3.8, 4) is 0 Å². The molecule has 2 rings (SSSR count). The summed E-state index contributed by atoms with van der Waals surface area (Å²) >= 11 is 3.60. The molecular formula is C14H20BrN5. The van der Waals surface area contributed by atoms with Gasteiger partial charge in [-0.3, -0.25) is 20.9 Å². The number of hydrogen-bond acceptors (Lipinski definition) is 4. The van der Waals surface area contributed by atoms with Gasteiger partial charge in [0.05, 0.1) is 21.9 Å². The standard InChI is InChI=1S/C14H20BrN5/c1-8-5-11(6-9(2)17-8)12(18-16)7-13-14(15)10(3)19-20(13)4/h5-6,12,18H,7,16H2,1-4H3. The van der Waals surface area contributed by atoms with Crippen molar-refractivity contribution in [2.45, 2.75) is 33.2 Å². The molecule has 0 radical (unpaired) electrons. The summed E-state index contributed by atoms with van der Waals surface area (Å²) in [6.45, 7) is 5.97. The van der Waals surface area contributed by atoms with E-state index in [2.05, 4.69) is 43.6 Å². The highest BCUT2D eigenvalue weighted by atomic mass is 79.9. The van der Waals surface area contributed by atoms with Gasteiger partial charge in [-0.05, 0) is 54.4 Å². The number of rotatable bonds is 4. The SMILES string of the molecule is Cc1cc(C(Cc2c(Br)c(C)nn2C)NN)cc(C)n1. The van der Waals surface area contributed by atoms with E-state index in [4.69, 9.17) is 5.84 Å². The Bertz CT molecular complexity index is 600. The van der Waals surface area contributed by atoms with Crippen LogP contribution in [0.15, 0.2) is 16.6 Å². The Hall–Kier alpha value is -1.24. The third-order valence-electron chi connectivity index (χ3n) is 3.37. The average molecular weight is 338 g/mol. The maximum atomic E-state index is 5.74. The van der Waals surface area contributed by atoms with Gasteiger partial charge in [0, 0.05) is 24.9 Å². The Morgan fingerprint density at radius 3 is 2.35 bits per heavy atom. The molecule has 1 atom stereocenters. The predicted molar refractivity (Wildman–Crippen MR) is 83.1 cm³/mol. The smallest absolute Gasteiger partial charge is 0.0738 e. The van der Waals surface area contributed by atoms with Gasteiger partial charge in [0.15, 0.2) is 0 Å². The first kappa shape index (κ1) is 15.2. The fourth-order valence-corrected chi connectivity index (χ4v) is 2.93. The van der Waals surface area contributed by atoms with Crippen molar-refractivity contribution in [3.63, 3.8) is 0 Å². The van der Waals surface area contributed by atoms with E-state index in [0.29, 0.717) is 0 Å². The van der Waals surface area contributed by atoms with Crippen molar-refractivity contribution in [1.29, 1.82) is 0 Å². The lowest BCUT2D eigenvalue weighted by Crippen LogP contribution is -2.30. The molecule has 0 bridgehead atoms. The second kappa shape index (κ2) is 6.03. The first-order chi connectivity index (χ1) is 9.42. The van der Waals surface area contributed by atoms with Gasteiger partial charge in [0.1, 0.15) is 0 Å². The summed E-state index contributed by atoms with van der Waals surface area (Å²) in [5.74, 6) is 5.74. The lowest BCUT2D eigenvalue weighted by Gasteiger charge is -2.18. The van der Waals surface area contributed by atoms with Crippen LogP contribution in [-0.2, 0) is 13.5 Å². The van der Waals surface area contributed by atoms with Crippen LogP contribution in [0.4, 0.5) is 0 Å². The Morgan fingerprint density at radius 2 is 1.90 bits per heavy atom. The molecule has 0 aliphatic rings. The van der Waals surface area contributed by atoms with E-state index >= 15 is 0 Å². The quantitative estimate of drug-likeness (QED) is 0.663. The molecular weight excluding hydrogens is 318 g/mol. The number of pyridine rings is 1. The number of aryl methyl sites for hydroxylation is 4. The van der Waals surface area contributed by atoms with E-state index in [1.54, 1.807) is 0 Å². The molecule has 3 N–H and O–H groups in total. The summed E-state index contributed by atoms with van der Waals surface area (Å²) in [5, 5.41) is 4.42. The lowest BCUT2D eigenvalue weighted by molar-refractivity contribution is 0.528. The van der Waals surface area contributed by atoms with E-state index < -0.39 is 0 Å². The molecule has 6 heteroatoms. The van der Waals surface area contributed by atoms with Crippen molar-refractivity contribution in [2.24, 2.45) is 12.9 Å². The van der Waals surface area contributed by atoms with Crippen LogP contribution >= 0.6 is 15.9 Å². The number of nitrogens with two attached hydrogens (primary N) is 1. The molecule has 0 saturated carbocycles. The van der Waals surface area contributed by atoms with Gasteiger partial charge in [-0.1, -0.05) is 0 Å². The molecule has 2 heterocycles. The Balaban J connectivity index is 2.33. The summed E-state index contributed by atoms with van der Waals surface area (Å²) in [7, 11) is 1.95. The summed E-state index contributed by atoms with van der Waals surface area (Å²) in [4.78, 5) is 4.40. The van der Waals surface area contributed by atoms with Crippen LogP contribution in [0, 0.1) is 20.8 Å². The van der Waals surface area contributed by atoms with E-state index in [0.717, 1.165) is 39.2 Å². The molecule has 0 aliphatic carbocycles. The van der Waals surface area contributed by atoms with Crippen molar-refractivity contribution in [3.05, 3.63) is 44.9 Å². The number of hydrazine groups is 1. The first-order valence-corrected chi connectivity index (χ1v) is 7.31. The van der Waals surface area contributed by atoms with Crippen LogP contribution in [0.2, 0.25) is 0 Å². The number of aromatic nitrogens is 3. The molecule has 5 nitrogen and oxygen atoms in total. The maximum Gasteiger partial charge on any atom is 0.0738 e. The zero-order chi connectivity index (χ0) is 14.9. The molecule has 2 aromatic rings. The number of hydrogen-bond donors (Lipinski definition) is 2. The number of nitrogens with one attached hydrogen (secondary N) is 1. The van der Waals surface area contributed by atoms with Gasteiger partial charge in [0.25, 0.3) is 0 Å². The van der Waals surface area contributed by atoms with Crippen molar-refractivity contribution in [2.75, 3.05) is 0 Å². The molecule has 2 aromatic heterocycles. The fraction of sp³-hybridized carbons (Fsp3) is 0.429. The topological polar surface area (TPSA) is 68.8 Å². The van der Waals surface area contributed by atoms with E-state index in [1.165, 1.54) is 0 Å². The number of nitrogens with zero attached hydrogens (tertiary/aromatic N) is 3. The zero-order valence-corrected chi connectivity index (χ0v) is 13.8. The minimum Gasteiger partial charge on any atom is -0.271 e. The monoisotopic (exact) mass is 337 g/mol. The van der Waals surface area contributed by atoms with Crippen LogP contribution < -0.4 is 11.3 Å². The highest BCUT2D eigenvalue weighted by Crippen LogP contribution is 2.26. The molecule has 0 saturated heterocycles. The van der Waals surface area contributed by atoms with Crippen LogP contribution in [0.1, 0.15) is 34.4 Å². The summed E-state index contributed by atoms with van der Waals surface area (Å²) < 4.78 is 2.94. The van der Waals surface area contributed by atoms with Crippen LogP contribution in [0.3, 0.4) is 0 Å². The van der Waals surface area contributed by atoms with Crippen LogP contribution in [0.25, 0.3) is 0 Å². The van der Waals surface area contributed by atoms with Gasteiger partial charge in [-0.25, -0.2) is 0 Å². The van der Waals surface area contributed by atoms with E-state index in [-0.39, 0.29) is 6.04 Å². The molecule has 0 aliphatic heterocycles. The normalized spacial score (nSPS) is 12.7. The molecule has 20 heavy (non-hydrogen) atoms. The minimum absolute atomic E-state index is 0.0292. The van der Waals surface area contributed by atoms with Gasteiger partial charge < -0.3 is 0 Å². The van der Waals surface area contributed by atoms with Crippen LogP contribution in [-0.4, -0.2) is 14.8 Å². The van der Waals surface area contributed by atoms with Crippen LogP contribution in [0.5, 0.6) is 0 Å².